The molecule has 0 radical (unpaired) electrons. The second-order valence-electron chi connectivity index (χ2n) is 3.73. The van der Waals surface area contributed by atoms with Gasteiger partial charge >= 0.3 is 0 Å². The molecule has 1 N–H and O–H groups in total. The van der Waals surface area contributed by atoms with E-state index in [4.69, 9.17) is 0 Å². The van der Waals surface area contributed by atoms with Gasteiger partial charge in [-0.05, 0) is 34.7 Å². The molecule has 0 saturated heterocycles. The minimum absolute atomic E-state index is 0.382. The van der Waals surface area contributed by atoms with Gasteiger partial charge in [-0.1, -0.05) is 0 Å². The Kier molecular flexibility index (Phi) is 3.09. The molecule has 0 aliphatic carbocycles. The van der Waals surface area contributed by atoms with Gasteiger partial charge in [0.05, 0.1) is 6.20 Å². The molecule has 1 rings (SSSR count). The van der Waals surface area contributed by atoms with Gasteiger partial charge in [-0.3, -0.25) is 4.68 Å². The predicted octanol–water partition coefficient (Wildman–Crippen LogP) is 2.05. The summed E-state index contributed by atoms with van der Waals surface area (Å²) in [6, 6.07) is 0.824. The van der Waals surface area contributed by atoms with Crippen molar-refractivity contribution in [2.45, 2.75) is 39.8 Å². The highest BCUT2D eigenvalue weighted by molar-refractivity contribution is 5.20. The lowest BCUT2D eigenvalue weighted by molar-refractivity contribution is 0.516. The second-order valence-corrected chi connectivity index (χ2v) is 3.73. The Bertz CT molecular complexity index is 276. The van der Waals surface area contributed by atoms with Crippen molar-refractivity contribution in [1.29, 1.82) is 0 Å². The molecule has 1 heterocycles. The van der Waals surface area contributed by atoms with Crippen molar-refractivity contribution in [3.8, 4) is 0 Å². The van der Waals surface area contributed by atoms with Crippen molar-refractivity contribution in [2.75, 3.05) is 7.05 Å². The molecule has 0 bridgehead atoms. The van der Waals surface area contributed by atoms with Crippen LogP contribution in [-0.2, 0) is 0 Å². The van der Waals surface area contributed by atoms with Crippen molar-refractivity contribution in [1.82, 2.24) is 15.1 Å². The van der Waals surface area contributed by atoms with Crippen LogP contribution in [-0.4, -0.2) is 16.8 Å². The van der Waals surface area contributed by atoms with Gasteiger partial charge in [-0.25, -0.2) is 0 Å². The van der Waals surface area contributed by atoms with Crippen molar-refractivity contribution in [3.05, 3.63) is 17.5 Å². The fourth-order valence-electron chi connectivity index (χ4n) is 1.54. The fraction of sp³-hybridized carbons (Fsp3) is 0.700. The maximum atomic E-state index is 4.36. The molecule has 13 heavy (non-hydrogen) atoms. The molecule has 3 nitrogen and oxygen atoms in total. The molecular formula is C10H19N3. The van der Waals surface area contributed by atoms with Crippen LogP contribution < -0.4 is 5.32 Å². The summed E-state index contributed by atoms with van der Waals surface area (Å²) in [6.07, 6.45) is 1.95. The first-order chi connectivity index (χ1) is 6.07. The van der Waals surface area contributed by atoms with Gasteiger partial charge in [0, 0.05) is 23.3 Å². The van der Waals surface area contributed by atoms with E-state index < -0.39 is 0 Å². The third-order valence-corrected chi connectivity index (χ3v) is 2.47. The number of nitrogens with zero attached hydrogens (tertiary/aromatic N) is 2. The van der Waals surface area contributed by atoms with E-state index in [9.17, 15) is 0 Å². The van der Waals surface area contributed by atoms with Crippen LogP contribution in [0.4, 0.5) is 0 Å². The minimum atomic E-state index is 0.382. The Hall–Kier alpha value is -0.830. The van der Waals surface area contributed by atoms with Gasteiger partial charge in [0.2, 0.25) is 0 Å². The molecule has 0 fully saturated rings. The van der Waals surface area contributed by atoms with E-state index in [-0.39, 0.29) is 0 Å². The highest BCUT2D eigenvalue weighted by atomic mass is 15.3. The average Bonchev–Trinajstić information content (AvgIpc) is 2.46. The maximum absolute atomic E-state index is 4.36. The SMILES string of the molecule is CNC(C)c1cnn(C(C)C)c1C. The Morgan fingerprint density at radius 1 is 1.38 bits per heavy atom. The topological polar surface area (TPSA) is 29.9 Å². The summed E-state index contributed by atoms with van der Waals surface area (Å²) in [4.78, 5) is 0. The van der Waals surface area contributed by atoms with Crippen LogP contribution >= 0.6 is 0 Å². The van der Waals surface area contributed by atoms with E-state index in [0.717, 1.165) is 0 Å². The smallest absolute Gasteiger partial charge is 0.0540 e. The lowest BCUT2D eigenvalue weighted by Gasteiger charge is -2.12. The molecule has 0 spiro atoms. The summed E-state index contributed by atoms with van der Waals surface area (Å²) < 4.78 is 2.06. The van der Waals surface area contributed by atoms with Crippen molar-refractivity contribution >= 4 is 0 Å². The van der Waals surface area contributed by atoms with Crippen LogP contribution in [0.2, 0.25) is 0 Å². The Balaban J connectivity index is 2.99. The normalized spacial score (nSPS) is 13.7. The van der Waals surface area contributed by atoms with Gasteiger partial charge in [-0.15, -0.1) is 0 Å². The molecule has 0 aliphatic heterocycles. The summed E-state index contributed by atoms with van der Waals surface area (Å²) in [5.74, 6) is 0. The summed E-state index contributed by atoms with van der Waals surface area (Å²) in [5, 5.41) is 7.58. The zero-order valence-electron chi connectivity index (χ0n) is 9.13. The molecule has 0 amide bonds. The highest BCUT2D eigenvalue weighted by Crippen LogP contribution is 2.18. The predicted molar refractivity (Wildman–Crippen MR) is 54.8 cm³/mol. The third kappa shape index (κ3) is 1.91. The van der Waals surface area contributed by atoms with Gasteiger partial charge in [0.1, 0.15) is 0 Å². The molecule has 1 unspecified atom stereocenters. The van der Waals surface area contributed by atoms with Crippen LogP contribution in [0.25, 0.3) is 0 Å². The van der Waals surface area contributed by atoms with Crippen LogP contribution in [0.3, 0.4) is 0 Å². The van der Waals surface area contributed by atoms with Gasteiger partial charge in [0.25, 0.3) is 0 Å². The van der Waals surface area contributed by atoms with Crippen molar-refractivity contribution < 1.29 is 0 Å². The van der Waals surface area contributed by atoms with E-state index in [1.165, 1.54) is 11.3 Å². The number of aromatic nitrogens is 2. The van der Waals surface area contributed by atoms with Crippen molar-refractivity contribution in [3.63, 3.8) is 0 Å². The summed E-state index contributed by atoms with van der Waals surface area (Å²) >= 11 is 0. The molecule has 0 saturated carbocycles. The average molecular weight is 181 g/mol. The Morgan fingerprint density at radius 3 is 2.38 bits per heavy atom. The molecule has 74 valence electrons. The first-order valence-electron chi connectivity index (χ1n) is 4.79. The Morgan fingerprint density at radius 2 is 2.00 bits per heavy atom. The summed E-state index contributed by atoms with van der Waals surface area (Å²) in [7, 11) is 1.97. The van der Waals surface area contributed by atoms with E-state index in [1.807, 2.05) is 13.2 Å². The summed E-state index contributed by atoms with van der Waals surface area (Å²) in [5.41, 5.74) is 2.55. The molecule has 3 heteroatoms. The van der Waals surface area contributed by atoms with Crippen molar-refractivity contribution in [2.24, 2.45) is 0 Å². The lowest BCUT2D eigenvalue weighted by atomic mass is 10.1. The number of rotatable bonds is 3. The van der Waals surface area contributed by atoms with Crippen LogP contribution in [0.5, 0.6) is 0 Å². The maximum Gasteiger partial charge on any atom is 0.0540 e. The monoisotopic (exact) mass is 181 g/mol. The van der Waals surface area contributed by atoms with E-state index in [2.05, 4.69) is 42.8 Å². The Labute approximate surface area is 80.1 Å². The quantitative estimate of drug-likeness (QED) is 0.773. The van der Waals surface area contributed by atoms with Gasteiger partial charge < -0.3 is 5.32 Å². The molecular weight excluding hydrogens is 162 g/mol. The zero-order valence-corrected chi connectivity index (χ0v) is 9.13. The first kappa shape index (κ1) is 10.3. The molecule has 1 aromatic rings. The molecule has 0 aliphatic rings. The van der Waals surface area contributed by atoms with Gasteiger partial charge in [0.15, 0.2) is 0 Å². The van der Waals surface area contributed by atoms with E-state index >= 15 is 0 Å². The largest absolute Gasteiger partial charge is 0.313 e. The van der Waals surface area contributed by atoms with E-state index in [0.29, 0.717) is 12.1 Å². The zero-order chi connectivity index (χ0) is 10.0. The lowest BCUT2D eigenvalue weighted by Crippen LogP contribution is -2.13. The molecule has 1 aromatic heterocycles. The van der Waals surface area contributed by atoms with Crippen LogP contribution in [0, 0.1) is 6.92 Å². The second kappa shape index (κ2) is 3.92. The highest BCUT2D eigenvalue weighted by Gasteiger charge is 2.12. The number of hydrogen-bond donors (Lipinski definition) is 1. The standard InChI is InChI=1S/C10H19N3/c1-7(2)13-9(4)10(6-12-13)8(3)11-5/h6-8,11H,1-5H3. The van der Waals surface area contributed by atoms with Crippen LogP contribution in [0.1, 0.15) is 44.1 Å². The van der Waals surface area contributed by atoms with E-state index in [1.54, 1.807) is 0 Å². The van der Waals surface area contributed by atoms with Crippen LogP contribution in [0.15, 0.2) is 6.20 Å². The summed E-state index contributed by atoms with van der Waals surface area (Å²) in [6.45, 7) is 8.56. The fourth-order valence-corrected chi connectivity index (χ4v) is 1.54. The van der Waals surface area contributed by atoms with Gasteiger partial charge in [-0.2, -0.15) is 5.10 Å². The minimum Gasteiger partial charge on any atom is -0.313 e. The first-order valence-corrected chi connectivity index (χ1v) is 4.79. The third-order valence-electron chi connectivity index (χ3n) is 2.47. The number of hydrogen-bond acceptors (Lipinski definition) is 2. The molecule has 1 atom stereocenters. The number of nitrogens with one attached hydrogen (secondary N) is 1. The molecule has 0 aromatic carbocycles.